The molecule has 2 fully saturated rings. The molecule has 0 saturated carbocycles. The Morgan fingerprint density at radius 2 is 2.05 bits per heavy atom. The van der Waals surface area contributed by atoms with E-state index in [2.05, 4.69) is 33.2 Å². The number of carbonyl (C=O) groups excluding carboxylic acids is 1. The van der Waals surface area contributed by atoms with Gasteiger partial charge in [-0.25, -0.2) is 11.0 Å². The van der Waals surface area contributed by atoms with Crippen LogP contribution in [-0.4, -0.2) is 97.8 Å². The minimum atomic E-state index is -0.406. The minimum absolute atomic E-state index is 0. The van der Waals surface area contributed by atoms with Gasteiger partial charge in [0.05, 0.1) is 25.0 Å². The number of nitrogens with zero attached hydrogens (tertiary/aromatic N) is 7. The highest BCUT2D eigenvalue weighted by Gasteiger charge is 2.35. The normalized spacial score (nSPS) is 20.6. The second-order valence-electron chi connectivity index (χ2n) is 10.5. The zero-order chi connectivity index (χ0) is 28.2. The lowest BCUT2D eigenvalue weighted by Crippen LogP contribution is -2.56. The maximum Gasteiger partial charge on any atom is 0.318 e. The molecule has 0 radical (unpaired) electrons. The van der Waals surface area contributed by atoms with Crippen LogP contribution in [0.4, 0.5) is 15.9 Å². The predicted octanol–water partition coefficient (Wildman–Crippen LogP) is 2.90. The smallest absolute Gasteiger partial charge is 0.318 e. The number of hydrogen-bond acceptors (Lipinski definition) is 8. The fourth-order valence-corrected chi connectivity index (χ4v) is 5.95. The van der Waals surface area contributed by atoms with Crippen LogP contribution in [0, 0.1) is 12.4 Å². The molecule has 4 heterocycles. The summed E-state index contributed by atoms with van der Waals surface area (Å²) in [5.74, 6) is 0.427. The second-order valence-corrected chi connectivity index (χ2v) is 10.5. The van der Waals surface area contributed by atoms with Gasteiger partial charge in [-0.1, -0.05) is 12.6 Å². The summed E-state index contributed by atoms with van der Waals surface area (Å²) in [7, 11) is 3.58. The molecule has 220 valence electrons. The first-order chi connectivity index (χ1) is 19.4. The fraction of sp³-hybridized carbons (Fsp3) is 0.517. The number of likely N-dealkylation sites (tertiary alicyclic amines) is 1. The second kappa shape index (κ2) is 13.4. The first-order valence-electron chi connectivity index (χ1n) is 13.7. The molecule has 1 unspecified atom stereocenters. The lowest BCUT2D eigenvalue weighted by Gasteiger charge is -2.41. The Kier molecular flexibility index (Phi) is 9.94. The van der Waals surface area contributed by atoms with Gasteiger partial charge in [-0.05, 0) is 51.1 Å². The van der Waals surface area contributed by atoms with E-state index in [1.54, 1.807) is 11.0 Å². The Balaban J connectivity index is 0.00000387. The van der Waals surface area contributed by atoms with Crippen molar-refractivity contribution in [3.8, 4) is 11.8 Å². The van der Waals surface area contributed by atoms with Crippen LogP contribution >= 0.6 is 13.5 Å². The van der Waals surface area contributed by atoms with Crippen molar-refractivity contribution in [2.24, 2.45) is 0 Å². The summed E-state index contributed by atoms with van der Waals surface area (Å²) in [5.41, 5.74) is 2.52. The molecule has 0 bridgehead atoms. The molecule has 0 spiro atoms. The average molecular weight is 584 g/mol. The number of fused-ring (bicyclic) bond motifs is 1. The first kappa shape index (κ1) is 30.4. The third-order valence-corrected chi connectivity index (χ3v) is 8.13. The van der Waals surface area contributed by atoms with Crippen molar-refractivity contribution in [1.82, 2.24) is 19.8 Å². The number of ether oxygens (including phenoxy) is 2. The summed E-state index contributed by atoms with van der Waals surface area (Å²) >= 11 is 0. The molecule has 10 nitrogen and oxygen atoms in total. The molecular weight excluding hydrogens is 545 g/mol. The Bertz CT molecular complexity index is 1310. The van der Waals surface area contributed by atoms with E-state index >= 15 is 0 Å². The van der Waals surface area contributed by atoms with Crippen molar-refractivity contribution < 1.29 is 18.7 Å². The number of piperazine rings is 1. The third kappa shape index (κ3) is 6.36. The van der Waals surface area contributed by atoms with Crippen LogP contribution in [0.2, 0.25) is 0 Å². The highest BCUT2D eigenvalue weighted by atomic mass is 32.1. The Morgan fingerprint density at radius 3 is 2.76 bits per heavy atom. The summed E-state index contributed by atoms with van der Waals surface area (Å²) in [4.78, 5) is 34.0. The number of rotatable bonds is 8. The molecule has 5 rings (SSSR count). The van der Waals surface area contributed by atoms with Crippen molar-refractivity contribution in [3.05, 3.63) is 59.3 Å². The lowest BCUT2D eigenvalue weighted by atomic mass is 10.0. The monoisotopic (exact) mass is 583 g/mol. The predicted molar refractivity (Wildman–Crippen MR) is 161 cm³/mol. The van der Waals surface area contributed by atoms with Crippen LogP contribution in [0.25, 0.3) is 4.85 Å². The van der Waals surface area contributed by atoms with Gasteiger partial charge in [0.15, 0.2) is 11.6 Å². The number of likely N-dealkylation sites (N-methyl/N-ethyl adjacent to an activating group) is 1. The van der Waals surface area contributed by atoms with E-state index in [-0.39, 0.29) is 37.7 Å². The Hall–Kier alpha value is -3.56. The number of carbonyl (C=O) groups is 1. The highest BCUT2D eigenvalue weighted by Crippen LogP contribution is 2.36. The number of para-hydroxylation sites is 1. The van der Waals surface area contributed by atoms with Gasteiger partial charge in [-0.2, -0.15) is 23.5 Å². The number of amides is 1. The Labute approximate surface area is 248 Å². The molecule has 1 aromatic heterocycles. The average Bonchev–Trinajstić information content (AvgIpc) is 3.39. The van der Waals surface area contributed by atoms with Crippen LogP contribution in [0.15, 0.2) is 30.9 Å². The maximum absolute atomic E-state index is 14.5. The van der Waals surface area contributed by atoms with Crippen molar-refractivity contribution in [2.45, 2.75) is 37.9 Å². The van der Waals surface area contributed by atoms with Gasteiger partial charge < -0.3 is 33.9 Å². The molecule has 41 heavy (non-hydrogen) atoms. The molecule has 1 aromatic carbocycles. The summed E-state index contributed by atoms with van der Waals surface area (Å²) in [6.45, 7) is 15.4. The first-order valence-corrected chi connectivity index (χ1v) is 13.7. The van der Waals surface area contributed by atoms with Crippen molar-refractivity contribution in [2.75, 3.05) is 69.8 Å². The van der Waals surface area contributed by atoms with Gasteiger partial charge in [0, 0.05) is 37.8 Å². The molecule has 2 atom stereocenters. The van der Waals surface area contributed by atoms with E-state index in [1.165, 1.54) is 19.3 Å². The lowest BCUT2D eigenvalue weighted by molar-refractivity contribution is -0.128. The van der Waals surface area contributed by atoms with Gasteiger partial charge in [-0.15, -0.1) is 0 Å². The SMILES string of the molecule is S.[C-]#[N+]CC1CN(c2nc(OC[C@@H]3CCCN3C)nc3c2CCN(c2cccc(F)c2OC)C3)CCN1C(=O)C=C. The van der Waals surface area contributed by atoms with E-state index in [1.807, 2.05) is 6.07 Å². The third-order valence-electron chi connectivity index (χ3n) is 8.13. The number of halogens is 1. The van der Waals surface area contributed by atoms with Crippen molar-refractivity contribution >= 4 is 30.9 Å². The zero-order valence-corrected chi connectivity index (χ0v) is 24.7. The molecule has 12 heteroatoms. The molecule has 3 aliphatic heterocycles. The van der Waals surface area contributed by atoms with Gasteiger partial charge in [0.2, 0.25) is 12.5 Å². The molecule has 0 N–H and O–H groups in total. The number of anilines is 2. The number of benzene rings is 1. The van der Waals surface area contributed by atoms with Crippen molar-refractivity contribution in [1.29, 1.82) is 0 Å². The van der Waals surface area contributed by atoms with Crippen LogP contribution in [0.5, 0.6) is 11.8 Å². The largest absolute Gasteiger partial charge is 0.492 e. The number of aromatic nitrogens is 2. The van der Waals surface area contributed by atoms with Crippen LogP contribution in [-0.2, 0) is 17.8 Å². The standard InChI is InChI=1S/C29H36FN7O3.H2S/c1-5-26(38)37-15-14-36(17-21(37)16-31-2)28-22-11-13-35(25-10-6-9-23(30)27(25)39-4)18-24(22)32-29(33-28)40-19-20-8-7-12-34(20)3;/h5-6,9-10,20-21H,1,7-8,11-19H2,3-4H3;1H2/t20-,21?;/m0./s1. The van der Waals surface area contributed by atoms with E-state index in [4.69, 9.17) is 26.0 Å². The zero-order valence-electron chi connectivity index (χ0n) is 23.7. The van der Waals surface area contributed by atoms with Crippen LogP contribution in [0.3, 0.4) is 0 Å². The topological polar surface area (TPSA) is 78.6 Å². The summed E-state index contributed by atoms with van der Waals surface area (Å²) in [5, 5.41) is 0. The Morgan fingerprint density at radius 1 is 1.22 bits per heavy atom. The van der Waals surface area contributed by atoms with E-state index < -0.39 is 5.82 Å². The van der Waals surface area contributed by atoms with E-state index in [9.17, 15) is 9.18 Å². The van der Waals surface area contributed by atoms with Crippen LogP contribution < -0.4 is 19.3 Å². The molecule has 0 aliphatic carbocycles. The van der Waals surface area contributed by atoms with E-state index in [0.29, 0.717) is 63.5 Å². The minimum Gasteiger partial charge on any atom is -0.492 e. The van der Waals surface area contributed by atoms with Gasteiger partial charge >= 0.3 is 6.01 Å². The molecule has 2 saturated heterocycles. The van der Waals surface area contributed by atoms with E-state index in [0.717, 1.165) is 36.5 Å². The summed E-state index contributed by atoms with van der Waals surface area (Å²) < 4.78 is 26.1. The molecule has 2 aromatic rings. The van der Waals surface area contributed by atoms with Gasteiger partial charge in [0.25, 0.3) is 0 Å². The molecule has 3 aliphatic rings. The highest BCUT2D eigenvalue weighted by molar-refractivity contribution is 7.59. The molecular formula is C29H38FN7O3S. The quantitative estimate of drug-likeness (QED) is 0.347. The fourth-order valence-electron chi connectivity index (χ4n) is 5.95. The molecule has 1 amide bonds. The maximum atomic E-state index is 14.5. The van der Waals surface area contributed by atoms with Gasteiger partial charge in [0.1, 0.15) is 18.5 Å². The van der Waals surface area contributed by atoms with Gasteiger partial charge in [-0.3, -0.25) is 4.79 Å². The number of methoxy groups -OCH3 is 1. The van der Waals surface area contributed by atoms with Crippen molar-refractivity contribution in [3.63, 3.8) is 0 Å². The summed E-state index contributed by atoms with van der Waals surface area (Å²) in [6.07, 6.45) is 4.16. The summed E-state index contributed by atoms with van der Waals surface area (Å²) in [6, 6.07) is 5.29. The van der Waals surface area contributed by atoms with Crippen LogP contribution in [0.1, 0.15) is 24.1 Å². The number of hydrogen-bond donors (Lipinski definition) is 0.